The lowest BCUT2D eigenvalue weighted by Gasteiger charge is -2.63. The average Bonchev–Trinajstić information content (AvgIpc) is 1.47. The largest absolute Gasteiger partial charge is 0.496 e. The van der Waals surface area contributed by atoms with E-state index in [1.807, 2.05) is 55.2 Å². The summed E-state index contributed by atoms with van der Waals surface area (Å²) < 4.78 is 18.0. The summed E-state index contributed by atoms with van der Waals surface area (Å²) >= 11 is 0. The Kier molecular flexibility index (Phi) is 31.2. The second-order valence-corrected chi connectivity index (χ2v) is 33.9. The van der Waals surface area contributed by atoms with Gasteiger partial charge in [-0.15, -0.1) is 0 Å². The summed E-state index contributed by atoms with van der Waals surface area (Å²) in [5, 5.41) is 99.3. The van der Waals surface area contributed by atoms with Gasteiger partial charge < -0.3 is 86.5 Å². The van der Waals surface area contributed by atoms with Crippen molar-refractivity contribution in [1.29, 1.82) is 0 Å². The summed E-state index contributed by atoms with van der Waals surface area (Å²) in [7, 11) is 6.75. The van der Waals surface area contributed by atoms with E-state index in [2.05, 4.69) is 48.5 Å². The second kappa shape index (κ2) is 40.1. The van der Waals surface area contributed by atoms with Gasteiger partial charge in [0.2, 0.25) is 11.8 Å². The minimum absolute atomic E-state index is 0.0552. The molecule has 1 spiro atoms. The number of carboxylic acid groups (broad SMARTS) is 5. The minimum atomic E-state index is -2.63. The maximum absolute atomic E-state index is 15.7. The predicted molar refractivity (Wildman–Crippen MR) is 424 cm³/mol. The SMILES string of the molecule is CC[C@]1(O)CC2CN(CCC3=C(Cc4ccccc43)[C@@](C(=O)OC)(c3cc4c(cc3OC)N(C)[C@H]3[C@@](O)(C(=O)NCC(=O)OCCSSC[C@H](NC(=O)[C@@H](CC(=O)[C@H](CC(=O)O)NC(=O)CC[C@H](CC(=O)CC[C@H](NC(=O)NCCCC(=O)O)C(=O)O)C(=O)O)Cc5ccccc5)C(=O)O)[C@H](O)[C@]5(CC)C=CCN6CC[C@]43[C@@H]65)C2)C1.O=C=O. The Labute approximate surface area is 688 Å². The molecule has 10 rings (SSSR count). The zero-order chi connectivity index (χ0) is 86.2. The van der Waals surface area contributed by atoms with Crippen LogP contribution >= 0.6 is 21.6 Å². The third-order valence-electron chi connectivity index (χ3n) is 24.3. The summed E-state index contributed by atoms with van der Waals surface area (Å²) in [4.78, 5) is 194. The molecule has 5 aliphatic heterocycles. The van der Waals surface area contributed by atoms with E-state index in [0.29, 0.717) is 87.4 Å². The number of amides is 5. The number of Topliss-reactive ketones (excluding diaryl/α,β-unsaturated/α-hetero) is 2. The fourth-order valence-corrected chi connectivity index (χ4v) is 21.0. The molecule has 0 aromatic heterocycles. The van der Waals surface area contributed by atoms with Gasteiger partial charge in [0.15, 0.2) is 11.4 Å². The van der Waals surface area contributed by atoms with Crippen molar-refractivity contribution >= 4 is 116 Å². The van der Waals surface area contributed by atoms with Crippen LogP contribution in [-0.4, -0.2) is 267 Å². The second-order valence-electron chi connectivity index (χ2n) is 31.3. The van der Waals surface area contributed by atoms with Crippen molar-refractivity contribution < 1.29 is 127 Å². The molecule has 3 fully saturated rings. The van der Waals surface area contributed by atoms with E-state index in [4.69, 9.17) is 28.9 Å². The number of carbonyl (C=O) groups excluding carboxylic acids is 10. The Hall–Kier alpha value is -10.1. The number of esters is 2. The van der Waals surface area contributed by atoms with Gasteiger partial charge in [0.25, 0.3) is 5.91 Å². The number of benzene rings is 3. The molecule has 7 aliphatic rings. The fraction of sp³-hybridized carbons (Fsp3) is 0.561. The Morgan fingerprint density at radius 2 is 1.44 bits per heavy atom. The number of carbonyl (C=O) groups is 13. The molecule has 640 valence electrons. The van der Waals surface area contributed by atoms with Gasteiger partial charge in [0.1, 0.15) is 48.3 Å². The van der Waals surface area contributed by atoms with E-state index in [-0.39, 0.29) is 68.8 Å². The van der Waals surface area contributed by atoms with Crippen molar-refractivity contribution in [2.75, 3.05) is 90.1 Å². The number of nitrogens with one attached hydrogen (secondary N) is 5. The number of carboxylic acids is 5. The molecule has 5 amide bonds. The van der Waals surface area contributed by atoms with E-state index in [1.54, 1.807) is 44.5 Å². The van der Waals surface area contributed by atoms with Crippen LogP contribution in [0.3, 0.4) is 0 Å². The average molecular weight is 1680 g/mol. The number of aliphatic hydroxyl groups is 3. The predicted octanol–water partition coefficient (Wildman–Crippen LogP) is 3.22. The Morgan fingerprint density at radius 1 is 0.729 bits per heavy atom. The van der Waals surface area contributed by atoms with Crippen LogP contribution in [0.25, 0.3) is 5.57 Å². The highest BCUT2D eigenvalue weighted by Gasteiger charge is 2.79. The topological polar surface area (TPSA) is 515 Å². The first-order chi connectivity index (χ1) is 56.1. The number of ketones is 2. The number of nitrogens with zero attached hydrogens (tertiary/aromatic N) is 3. The van der Waals surface area contributed by atoms with Gasteiger partial charge in [-0.1, -0.05) is 102 Å². The zero-order valence-corrected chi connectivity index (χ0v) is 68.0. The number of piperidine rings is 1. The van der Waals surface area contributed by atoms with E-state index >= 15 is 9.59 Å². The Balaban J connectivity index is 0.00000521. The molecule has 2 bridgehead atoms. The number of ether oxygens (including phenoxy) is 3. The lowest BCUT2D eigenvalue weighted by atomic mass is 9.47. The van der Waals surface area contributed by atoms with Gasteiger partial charge in [-0.3, -0.25) is 57.7 Å². The van der Waals surface area contributed by atoms with Crippen molar-refractivity contribution in [2.45, 2.75) is 181 Å². The van der Waals surface area contributed by atoms with Crippen LogP contribution in [0.15, 0.2) is 84.5 Å². The number of methoxy groups -OCH3 is 2. The van der Waals surface area contributed by atoms with E-state index in [1.165, 1.54) is 7.11 Å². The van der Waals surface area contributed by atoms with Crippen molar-refractivity contribution in [3.05, 3.63) is 112 Å². The molecule has 13 N–H and O–H groups in total. The quantitative estimate of drug-likeness (QED) is 0.0168. The lowest BCUT2D eigenvalue weighted by Crippen LogP contribution is -2.81. The summed E-state index contributed by atoms with van der Waals surface area (Å²) in [6.45, 7) is 5.60. The minimum Gasteiger partial charge on any atom is -0.496 e. The highest BCUT2D eigenvalue weighted by atomic mass is 33.1. The molecule has 3 aromatic rings. The highest BCUT2D eigenvalue weighted by Crippen LogP contribution is 2.68. The van der Waals surface area contributed by atoms with Gasteiger partial charge in [-0.2, -0.15) is 9.59 Å². The molecule has 5 heterocycles. The number of aliphatic hydroxyl groups excluding tert-OH is 1. The lowest BCUT2D eigenvalue weighted by molar-refractivity contribution is -0.203. The molecule has 118 heavy (non-hydrogen) atoms. The van der Waals surface area contributed by atoms with Crippen LogP contribution in [0, 0.1) is 23.2 Å². The summed E-state index contributed by atoms with van der Waals surface area (Å²) in [6, 6.07) is 12.8. The molecule has 3 aromatic carbocycles. The molecule has 36 heteroatoms. The molecule has 2 unspecified atom stereocenters. The van der Waals surface area contributed by atoms with Gasteiger partial charge in [-0.05, 0) is 123 Å². The number of hydrogen-bond donors (Lipinski definition) is 13. The van der Waals surface area contributed by atoms with Crippen LogP contribution in [-0.2, 0) is 100 Å². The number of likely N-dealkylation sites (N-methyl/N-ethyl adjacent to an activating group) is 1. The van der Waals surface area contributed by atoms with Crippen molar-refractivity contribution in [1.82, 2.24) is 36.4 Å². The third-order valence-corrected chi connectivity index (χ3v) is 26.6. The molecule has 1 saturated carbocycles. The summed E-state index contributed by atoms with van der Waals surface area (Å²) in [6.07, 6.45) is 0.481. The molecule has 34 nitrogen and oxygen atoms in total. The first-order valence-electron chi connectivity index (χ1n) is 39.3. The number of fused-ring (bicyclic) bond motifs is 5. The zero-order valence-electron chi connectivity index (χ0n) is 66.4. The number of urea groups is 1. The van der Waals surface area contributed by atoms with Crippen LogP contribution in [0.4, 0.5) is 10.5 Å². The molecular formula is C82H104N8O26S2. The maximum Gasteiger partial charge on any atom is 0.373 e. The van der Waals surface area contributed by atoms with Crippen LogP contribution in [0.5, 0.6) is 5.75 Å². The number of rotatable bonds is 40. The summed E-state index contributed by atoms with van der Waals surface area (Å²) in [5.41, 5.74) is -1.01. The maximum atomic E-state index is 15.7. The van der Waals surface area contributed by atoms with Gasteiger partial charge in [0.05, 0.1) is 44.2 Å². The van der Waals surface area contributed by atoms with Gasteiger partial charge in [-0.25, -0.2) is 14.4 Å². The van der Waals surface area contributed by atoms with E-state index < -0.39 is 204 Å². The molecule has 2 saturated heterocycles. The van der Waals surface area contributed by atoms with Crippen molar-refractivity contribution in [3.8, 4) is 5.75 Å². The normalized spacial score (nSPS) is 25.5. The van der Waals surface area contributed by atoms with Gasteiger partial charge in [0, 0.05) is 123 Å². The number of anilines is 1. The molecular weight excluding hydrogens is 1580 g/mol. The van der Waals surface area contributed by atoms with E-state index in [0.717, 1.165) is 49.4 Å². The van der Waals surface area contributed by atoms with Gasteiger partial charge >= 0.3 is 54.0 Å². The highest BCUT2D eigenvalue weighted by molar-refractivity contribution is 8.76. The van der Waals surface area contributed by atoms with Crippen LogP contribution in [0.2, 0.25) is 0 Å². The van der Waals surface area contributed by atoms with Crippen LogP contribution < -0.4 is 36.2 Å². The summed E-state index contributed by atoms with van der Waals surface area (Å²) in [5.74, 6) is -16.1. The van der Waals surface area contributed by atoms with Crippen molar-refractivity contribution in [2.24, 2.45) is 23.2 Å². The third kappa shape index (κ3) is 20.1. The molecule has 0 radical (unpaired) electrons. The monoisotopic (exact) mass is 1680 g/mol. The van der Waals surface area contributed by atoms with E-state index in [9.17, 15) is 88.5 Å². The smallest absolute Gasteiger partial charge is 0.373 e. The standard InChI is InChI=1S/C81H104N8O24S2.CO2/c1-6-77(109)40-47-41-80(75(107)112-5,54-35-48-17-11-12-18-52(48)53(54)24-29-88(43-47)45-77)56-37-55-60(39-62(56)111-4)87(3)72-79(55)26-30-89-28-14-25-78(7-2,71(79)89)73(105)81(72,110)74(106)83-42-66(97)113-31-32-114-115-44-59(70(103)104)85-67(98)50(33-46-15-9-8-10-16-46)36-61(91)58(38-65(95)96)84-63(92)23-20-49(68(99)100)34-51(90)21-22-57(69(101)102)86-76(108)82-27-13-19-64(93)94;2-1-3/h8-12,14-18,25,37,39,47,49-50,57-59,71-73,105,109-110H,6-7,13,19-24,26-36,38,40-45H2,1-5H3,(H,83,106)(H,84,92)(H,85,98)(H,93,94)(H,95,96)(H,99,100)(H,101,102)(H,103,104)(H2,82,86,108);/t47?,49-,50-,57+,58+,59+,71+,72-,73-,77+,78-,79-,80-,81+;/m1./s1. The van der Waals surface area contributed by atoms with Crippen LogP contribution in [0.1, 0.15) is 138 Å². The first-order valence-corrected chi connectivity index (χ1v) is 41.8. The Morgan fingerprint density at radius 3 is 2.10 bits per heavy atom. The Bertz CT molecular complexity index is 4390. The number of aliphatic carboxylic acids is 5. The van der Waals surface area contributed by atoms with Crippen molar-refractivity contribution in [3.63, 3.8) is 0 Å². The number of hydrogen-bond acceptors (Lipinski definition) is 26. The first kappa shape index (κ1) is 91.8. The molecule has 2 aliphatic carbocycles. The fourth-order valence-electron chi connectivity index (χ4n) is 19.0. The molecule has 15 atom stereocenters.